The van der Waals surface area contributed by atoms with Crippen molar-refractivity contribution in [3.05, 3.63) is 0 Å². The zero-order valence-corrected chi connectivity index (χ0v) is 13.4. The number of rotatable bonds is 5. The summed E-state index contributed by atoms with van der Waals surface area (Å²) in [6, 6.07) is 1.17. The Bertz CT molecular complexity index is 391. The highest BCUT2D eigenvalue weighted by Gasteiger charge is 2.36. The minimum Gasteiger partial charge on any atom is -0.481 e. The maximum Gasteiger partial charge on any atom is 0.305 e. The first-order chi connectivity index (χ1) is 9.75. The maximum atomic E-state index is 12.6. The molecule has 2 heterocycles. The van der Waals surface area contributed by atoms with Crippen LogP contribution >= 0.6 is 0 Å². The lowest BCUT2D eigenvalue weighted by Crippen LogP contribution is -2.48. The molecule has 2 unspecified atom stereocenters. The second-order valence-corrected chi connectivity index (χ2v) is 7.54. The number of nitrogens with one attached hydrogen (secondary N) is 1. The third-order valence-electron chi connectivity index (χ3n) is 4.69. The number of nitrogens with zero attached hydrogens (tertiary/aromatic N) is 1. The van der Waals surface area contributed by atoms with E-state index in [0.29, 0.717) is 31.0 Å². The number of hydrogen-bond acceptors (Lipinski definition) is 3. The number of carboxylic acid groups (broad SMARTS) is 1. The van der Waals surface area contributed by atoms with Crippen molar-refractivity contribution in [1.29, 1.82) is 0 Å². The normalized spacial score (nSPS) is 28.4. The van der Waals surface area contributed by atoms with Crippen LogP contribution in [0.5, 0.6) is 0 Å². The number of amides is 1. The van der Waals surface area contributed by atoms with Crippen LogP contribution in [0.1, 0.15) is 59.3 Å². The topological polar surface area (TPSA) is 69.6 Å². The highest BCUT2D eigenvalue weighted by molar-refractivity contribution is 5.78. The van der Waals surface area contributed by atoms with E-state index in [9.17, 15) is 9.59 Å². The lowest BCUT2D eigenvalue weighted by Gasteiger charge is -2.37. The molecule has 2 rings (SSSR count). The van der Waals surface area contributed by atoms with Gasteiger partial charge in [-0.2, -0.15) is 0 Å². The predicted molar refractivity (Wildman–Crippen MR) is 81.0 cm³/mol. The summed E-state index contributed by atoms with van der Waals surface area (Å²) in [7, 11) is 0. The van der Waals surface area contributed by atoms with Crippen LogP contribution in [-0.2, 0) is 9.59 Å². The molecular formula is C16H28N2O3. The molecule has 0 radical (unpaired) electrons. The first-order valence-corrected chi connectivity index (χ1v) is 8.04. The van der Waals surface area contributed by atoms with Gasteiger partial charge in [-0.15, -0.1) is 0 Å². The van der Waals surface area contributed by atoms with Crippen molar-refractivity contribution in [3.63, 3.8) is 0 Å². The van der Waals surface area contributed by atoms with Crippen molar-refractivity contribution in [3.8, 4) is 0 Å². The fourth-order valence-electron chi connectivity index (χ4n) is 3.74. The number of carbonyl (C=O) groups excluding carboxylic acids is 1. The van der Waals surface area contributed by atoms with Gasteiger partial charge < -0.3 is 15.3 Å². The molecule has 0 saturated carbocycles. The summed E-state index contributed by atoms with van der Waals surface area (Å²) in [6.45, 7) is 6.21. The molecule has 1 amide bonds. The molecule has 2 atom stereocenters. The lowest BCUT2D eigenvalue weighted by atomic mass is 9.88. The molecule has 2 aliphatic rings. The summed E-state index contributed by atoms with van der Waals surface area (Å²) in [5, 5.41) is 12.5. The molecule has 2 fully saturated rings. The first-order valence-electron chi connectivity index (χ1n) is 8.04. The van der Waals surface area contributed by atoms with Crippen LogP contribution in [-0.4, -0.2) is 46.1 Å². The molecule has 120 valence electrons. The standard InChI is InChI=1S/C16H28N2O3/c1-16(2,3)18(7-6-15(20)21)14(19)10-11-8-12-4-5-13(9-11)17-12/h11-13,17H,4-10H2,1-3H3,(H,20,21). The summed E-state index contributed by atoms with van der Waals surface area (Å²) in [5.74, 6) is -0.294. The van der Waals surface area contributed by atoms with Crippen LogP contribution in [0.25, 0.3) is 0 Å². The molecule has 2 saturated heterocycles. The van der Waals surface area contributed by atoms with E-state index in [4.69, 9.17) is 5.11 Å². The first kappa shape index (κ1) is 16.3. The number of piperidine rings is 1. The van der Waals surface area contributed by atoms with E-state index in [1.165, 1.54) is 12.8 Å². The van der Waals surface area contributed by atoms with Gasteiger partial charge in [-0.25, -0.2) is 0 Å². The number of hydrogen-bond donors (Lipinski definition) is 2. The third-order valence-corrected chi connectivity index (χ3v) is 4.69. The van der Waals surface area contributed by atoms with E-state index in [0.717, 1.165) is 12.8 Å². The van der Waals surface area contributed by atoms with E-state index in [1.54, 1.807) is 4.90 Å². The Morgan fingerprint density at radius 3 is 2.24 bits per heavy atom. The zero-order valence-electron chi connectivity index (χ0n) is 13.4. The van der Waals surface area contributed by atoms with Crippen LogP contribution in [0.15, 0.2) is 0 Å². The van der Waals surface area contributed by atoms with Crippen LogP contribution < -0.4 is 5.32 Å². The van der Waals surface area contributed by atoms with Gasteiger partial charge in [0.15, 0.2) is 0 Å². The van der Waals surface area contributed by atoms with Crippen molar-refractivity contribution in [2.24, 2.45) is 5.92 Å². The summed E-state index contributed by atoms with van der Waals surface area (Å²) in [5.41, 5.74) is -0.321. The van der Waals surface area contributed by atoms with Gasteiger partial charge in [0.2, 0.25) is 5.91 Å². The Morgan fingerprint density at radius 2 is 1.76 bits per heavy atom. The summed E-state index contributed by atoms with van der Waals surface area (Å²) >= 11 is 0. The monoisotopic (exact) mass is 296 g/mol. The van der Waals surface area contributed by atoms with Crippen molar-refractivity contribution in [2.45, 2.75) is 76.9 Å². The van der Waals surface area contributed by atoms with Crippen LogP contribution in [0.2, 0.25) is 0 Å². The predicted octanol–water partition coefficient (Wildman–Crippen LogP) is 2.01. The molecule has 0 aliphatic carbocycles. The molecular weight excluding hydrogens is 268 g/mol. The van der Waals surface area contributed by atoms with E-state index in [-0.39, 0.29) is 17.9 Å². The van der Waals surface area contributed by atoms with E-state index in [2.05, 4.69) is 5.32 Å². The fourth-order valence-corrected chi connectivity index (χ4v) is 3.74. The van der Waals surface area contributed by atoms with Gasteiger partial charge in [-0.1, -0.05) is 0 Å². The van der Waals surface area contributed by atoms with E-state index >= 15 is 0 Å². The van der Waals surface area contributed by atoms with E-state index < -0.39 is 5.97 Å². The van der Waals surface area contributed by atoms with Crippen molar-refractivity contribution in [1.82, 2.24) is 10.2 Å². The van der Waals surface area contributed by atoms with Gasteiger partial charge in [0.25, 0.3) is 0 Å². The Labute approximate surface area is 127 Å². The second kappa shape index (κ2) is 6.34. The second-order valence-electron chi connectivity index (χ2n) is 7.54. The summed E-state index contributed by atoms with van der Waals surface area (Å²) < 4.78 is 0. The molecule has 21 heavy (non-hydrogen) atoms. The largest absolute Gasteiger partial charge is 0.481 e. The van der Waals surface area contributed by atoms with Gasteiger partial charge in [0.1, 0.15) is 0 Å². The number of fused-ring (bicyclic) bond motifs is 2. The van der Waals surface area contributed by atoms with Crippen molar-refractivity contribution >= 4 is 11.9 Å². The van der Waals surface area contributed by atoms with Crippen LogP contribution in [0.3, 0.4) is 0 Å². The molecule has 2 aliphatic heterocycles. The highest BCUT2D eigenvalue weighted by Crippen LogP contribution is 2.33. The quantitative estimate of drug-likeness (QED) is 0.814. The Balaban J connectivity index is 1.93. The van der Waals surface area contributed by atoms with Crippen molar-refractivity contribution < 1.29 is 14.7 Å². The lowest BCUT2D eigenvalue weighted by molar-refractivity contribution is -0.141. The van der Waals surface area contributed by atoms with Crippen LogP contribution in [0, 0.1) is 5.92 Å². The number of carbonyl (C=O) groups is 2. The minimum atomic E-state index is -0.850. The van der Waals surface area contributed by atoms with Gasteiger partial charge in [0.05, 0.1) is 6.42 Å². The number of aliphatic carboxylic acids is 1. The maximum absolute atomic E-state index is 12.6. The minimum absolute atomic E-state index is 0.0144. The molecule has 0 aromatic carbocycles. The molecule has 0 spiro atoms. The highest BCUT2D eigenvalue weighted by atomic mass is 16.4. The molecule has 5 heteroatoms. The van der Waals surface area contributed by atoms with Gasteiger partial charge in [-0.05, 0) is 52.4 Å². The molecule has 5 nitrogen and oxygen atoms in total. The zero-order chi connectivity index (χ0) is 15.6. The fraction of sp³-hybridized carbons (Fsp3) is 0.875. The Morgan fingerprint density at radius 1 is 1.19 bits per heavy atom. The van der Waals surface area contributed by atoms with E-state index in [1.807, 2.05) is 20.8 Å². The smallest absolute Gasteiger partial charge is 0.305 e. The Hall–Kier alpha value is -1.10. The number of carboxylic acids is 1. The average Bonchev–Trinajstić information content (AvgIpc) is 2.66. The molecule has 2 bridgehead atoms. The van der Waals surface area contributed by atoms with Crippen molar-refractivity contribution in [2.75, 3.05) is 6.54 Å². The summed E-state index contributed by atoms with van der Waals surface area (Å²) in [4.78, 5) is 25.1. The Kier molecular flexibility index (Phi) is 4.91. The SMILES string of the molecule is CC(C)(C)N(CCC(=O)O)C(=O)CC1CC2CCC(C1)N2. The third kappa shape index (κ3) is 4.43. The van der Waals surface area contributed by atoms with Gasteiger partial charge in [-0.3, -0.25) is 9.59 Å². The van der Waals surface area contributed by atoms with Gasteiger partial charge >= 0.3 is 5.97 Å². The van der Waals surface area contributed by atoms with Gasteiger partial charge in [0, 0.05) is 30.6 Å². The molecule has 0 aromatic heterocycles. The average molecular weight is 296 g/mol. The van der Waals surface area contributed by atoms with Crippen LogP contribution in [0.4, 0.5) is 0 Å². The molecule has 2 N–H and O–H groups in total. The summed E-state index contributed by atoms with van der Waals surface area (Å²) in [6.07, 6.45) is 5.21. The molecule has 0 aromatic rings.